The van der Waals surface area contributed by atoms with Crippen molar-refractivity contribution < 1.29 is 19.1 Å². The normalized spacial score (nSPS) is 37.1. The van der Waals surface area contributed by atoms with Gasteiger partial charge < -0.3 is 9.47 Å². The molecular formula is C18H15NO4. The second-order valence-corrected chi connectivity index (χ2v) is 7.27. The van der Waals surface area contributed by atoms with Gasteiger partial charge in [0.05, 0.1) is 17.5 Å². The molecule has 5 heteroatoms. The van der Waals surface area contributed by atoms with E-state index in [2.05, 4.69) is 12.2 Å². The van der Waals surface area contributed by atoms with Gasteiger partial charge in [0.25, 0.3) is 0 Å². The molecule has 5 aliphatic rings. The highest BCUT2D eigenvalue weighted by Crippen LogP contribution is 2.73. The lowest BCUT2D eigenvalue weighted by Gasteiger charge is -2.21. The number of nitrogens with zero attached hydrogens (tertiary/aromatic N) is 1. The number of amides is 2. The summed E-state index contributed by atoms with van der Waals surface area (Å²) in [5, 5.41) is 0. The van der Waals surface area contributed by atoms with Crippen LogP contribution >= 0.6 is 0 Å². The van der Waals surface area contributed by atoms with Gasteiger partial charge in [0.2, 0.25) is 18.6 Å². The lowest BCUT2D eigenvalue weighted by molar-refractivity contribution is -0.123. The summed E-state index contributed by atoms with van der Waals surface area (Å²) < 4.78 is 10.7. The molecule has 2 saturated carbocycles. The molecule has 1 saturated heterocycles. The Morgan fingerprint density at radius 3 is 2.26 bits per heavy atom. The number of hydrogen-bond donors (Lipinski definition) is 0. The third kappa shape index (κ3) is 1.23. The summed E-state index contributed by atoms with van der Waals surface area (Å²) in [6.07, 6.45) is 6.69. The number of benzene rings is 1. The first-order valence-corrected chi connectivity index (χ1v) is 8.16. The average Bonchev–Trinajstić information content (AvgIpc) is 2.83. The number of allylic oxidation sites excluding steroid dienone is 2. The van der Waals surface area contributed by atoms with E-state index in [0.717, 1.165) is 12.8 Å². The van der Waals surface area contributed by atoms with Crippen LogP contribution in [0.15, 0.2) is 30.4 Å². The van der Waals surface area contributed by atoms with Crippen molar-refractivity contribution in [2.24, 2.45) is 29.1 Å². The molecule has 1 aromatic carbocycles. The van der Waals surface area contributed by atoms with Crippen LogP contribution in [0, 0.1) is 29.1 Å². The molecule has 2 heterocycles. The van der Waals surface area contributed by atoms with E-state index in [-0.39, 0.29) is 47.7 Å². The monoisotopic (exact) mass is 309 g/mol. The summed E-state index contributed by atoms with van der Waals surface area (Å²) in [4.78, 5) is 27.4. The van der Waals surface area contributed by atoms with Gasteiger partial charge in [-0.2, -0.15) is 0 Å². The number of fused-ring (bicyclic) bond motifs is 4. The predicted molar refractivity (Wildman–Crippen MR) is 79.8 cm³/mol. The number of anilines is 1. The van der Waals surface area contributed by atoms with Crippen molar-refractivity contribution in [1.29, 1.82) is 0 Å². The number of carbonyl (C=O) groups is 2. The Labute approximate surface area is 132 Å². The molecule has 5 nitrogen and oxygen atoms in total. The second-order valence-electron chi connectivity index (χ2n) is 7.27. The standard InChI is InChI=1S/C18H15NO4/c20-16-14-10-2-3-11(18(10)5-6-18)15(14)17(21)19(16)9-1-4-12-13(7-9)23-8-22-12/h1-4,7,10-11,14-15H,5-6,8H2/t10-,11-,14-,15-/m1/s1. The highest BCUT2D eigenvalue weighted by Gasteiger charge is 2.73. The molecule has 0 unspecified atom stereocenters. The molecule has 2 bridgehead atoms. The van der Waals surface area contributed by atoms with E-state index in [9.17, 15) is 9.59 Å². The third-order valence-electron chi connectivity index (χ3n) is 6.47. The Hall–Kier alpha value is -2.30. The number of carbonyl (C=O) groups excluding carboxylic acids is 2. The first-order chi connectivity index (χ1) is 11.2. The molecule has 3 fully saturated rings. The largest absolute Gasteiger partial charge is 0.454 e. The SMILES string of the molecule is O=C1[C@H]2[C@H](C(=O)N1c1ccc3c(c1)OCO3)[C@H]1C=C[C@H]2C12CC2. The zero-order chi connectivity index (χ0) is 15.3. The summed E-state index contributed by atoms with van der Waals surface area (Å²) in [6.45, 7) is 0.183. The van der Waals surface area contributed by atoms with Crippen LogP contribution in [0.5, 0.6) is 11.5 Å². The molecule has 0 radical (unpaired) electrons. The average molecular weight is 309 g/mol. The van der Waals surface area contributed by atoms with Crippen molar-refractivity contribution in [2.75, 3.05) is 11.7 Å². The van der Waals surface area contributed by atoms with E-state index in [1.165, 1.54) is 4.90 Å². The van der Waals surface area contributed by atoms with Gasteiger partial charge in [0.15, 0.2) is 11.5 Å². The molecule has 3 aliphatic carbocycles. The van der Waals surface area contributed by atoms with Crippen LogP contribution in [0.1, 0.15) is 12.8 Å². The Morgan fingerprint density at radius 2 is 1.61 bits per heavy atom. The minimum Gasteiger partial charge on any atom is -0.454 e. The number of ether oxygens (including phenoxy) is 2. The topological polar surface area (TPSA) is 55.8 Å². The van der Waals surface area contributed by atoms with Crippen LogP contribution in [0.25, 0.3) is 0 Å². The van der Waals surface area contributed by atoms with Crippen molar-refractivity contribution in [3.63, 3.8) is 0 Å². The number of rotatable bonds is 1. The van der Waals surface area contributed by atoms with Gasteiger partial charge >= 0.3 is 0 Å². The predicted octanol–water partition coefficient (Wildman–Crippen LogP) is 2.12. The highest BCUT2D eigenvalue weighted by atomic mass is 16.7. The summed E-state index contributed by atoms with van der Waals surface area (Å²) in [6, 6.07) is 5.27. The first-order valence-electron chi connectivity index (χ1n) is 8.16. The van der Waals surface area contributed by atoms with E-state index in [4.69, 9.17) is 9.47 Å². The van der Waals surface area contributed by atoms with Crippen molar-refractivity contribution in [1.82, 2.24) is 0 Å². The molecule has 2 aliphatic heterocycles. The van der Waals surface area contributed by atoms with Crippen LogP contribution in [-0.2, 0) is 9.59 Å². The third-order valence-corrected chi connectivity index (χ3v) is 6.47. The first kappa shape index (κ1) is 12.2. The maximum Gasteiger partial charge on any atom is 0.238 e. The molecule has 1 spiro atoms. The number of hydrogen-bond acceptors (Lipinski definition) is 4. The molecule has 23 heavy (non-hydrogen) atoms. The van der Waals surface area contributed by atoms with Gasteiger partial charge in [-0.05, 0) is 42.2 Å². The second kappa shape index (κ2) is 3.61. The zero-order valence-electron chi connectivity index (χ0n) is 12.4. The summed E-state index contributed by atoms with van der Waals surface area (Å²) in [5.41, 5.74) is 0.838. The van der Waals surface area contributed by atoms with Gasteiger partial charge in [0, 0.05) is 6.07 Å². The highest BCUT2D eigenvalue weighted by molar-refractivity contribution is 6.23. The quantitative estimate of drug-likeness (QED) is 0.589. The van der Waals surface area contributed by atoms with Gasteiger partial charge in [-0.3, -0.25) is 9.59 Å². The van der Waals surface area contributed by atoms with Crippen LogP contribution in [-0.4, -0.2) is 18.6 Å². The molecule has 2 amide bonds. The Balaban J connectivity index is 1.42. The van der Waals surface area contributed by atoms with E-state index < -0.39 is 0 Å². The van der Waals surface area contributed by atoms with E-state index >= 15 is 0 Å². The fourth-order valence-corrected chi connectivity index (χ4v) is 5.36. The van der Waals surface area contributed by atoms with Crippen LogP contribution in [0.2, 0.25) is 0 Å². The molecule has 1 aromatic rings. The molecule has 6 rings (SSSR count). The zero-order valence-corrected chi connectivity index (χ0v) is 12.4. The minimum absolute atomic E-state index is 0.0398. The fourth-order valence-electron chi connectivity index (χ4n) is 5.36. The molecule has 4 atom stereocenters. The summed E-state index contributed by atoms with van der Waals surface area (Å²) >= 11 is 0. The summed E-state index contributed by atoms with van der Waals surface area (Å²) in [7, 11) is 0. The van der Waals surface area contributed by atoms with Crippen molar-refractivity contribution in [3.8, 4) is 11.5 Å². The Kier molecular flexibility index (Phi) is 1.91. The molecule has 0 N–H and O–H groups in total. The van der Waals surface area contributed by atoms with E-state index in [1.54, 1.807) is 18.2 Å². The Bertz CT molecular complexity index is 775. The van der Waals surface area contributed by atoms with Crippen LogP contribution in [0.3, 0.4) is 0 Å². The van der Waals surface area contributed by atoms with Crippen LogP contribution in [0.4, 0.5) is 5.69 Å². The smallest absolute Gasteiger partial charge is 0.238 e. The van der Waals surface area contributed by atoms with Gasteiger partial charge in [-0.1, -0.05) is 12.2 Å². The maximum atomic E-state index is 13.0. The maximum absolute atomic E-state index is 13.0. The Morgan fingerprint density at radius 1 is 0.957 bits per heavy atom. The molecular weight excluding hydrogens is 294 g/mol. The van der Waals surface area contributed by atoms with E-state index in [0.29, 0.717) is 17.2 Å². The van der Waals surface area contributed by atoms with Gasteiger partial charge in [0.1, 0.15) is 0 Å². The molecule has 116 valence electrons. The lowest BCUT2D eigenvalue weighted by atomic mass is 9.85. The van der Waals surface area contributed by atoms with Crippen molar-refractivity contribution in [2.45, 2.75) is 12.8 Å². The fraction of sp³-hybridized carbons (Fsp3) is 0.444. The van der Waals surface area contributed by atoms with Gasteiger partial charge in [-0.25, -0.2) is 4.90 Å². The van der Waals surface area contributed by atoms with Gasteiger partial charge in [-0.15, -0.1) is 0 Å². The van der Waals surface area contributed by atoms with Crippen LogP contribution < -0.4 is 14.4 Å². The van der Waals surface area contributed by atoms with Crippen molar-refractivity contribution in [3.05, 3.63) is 30.4 Å². The van der Waals surface area contributed by atoms with Crippen molar-refractivity contribution >= 4 is 17.5 Å². The minimum atomic E-state index is -0.162. The number of imide groups is 1. The summed E-state index contributed by atoms with van der Waals surface area (Å²) in [5.74, 6) is 1.37. The lowest BCUT2D eigenvalue weighted by Crippen LogP contribution is -2.34. The van der Waals surface area contributed by atoms with E-state index in [1.807, 2.05) is 0 Å². The molecule has 0 aromatic heterocycles.